The van der Waals surface area contributed by atoms with Crippen molar-refractivity contribution in [2.75, 3.05) is 0 Å². The summed E-state index contributed by atoms with van der Waals surface area (Å²) < 4.78 is 6.00. The van der Waals surface area contributed by atoms with Crippen LogP contribution >= 0.6 is 0 Å². The molecule has 3 heterocycles. The molecule has 2 atom stereocenters. The SMILES string of the molecule is Cn1nc2ccccc2c1-n1ncc2cc(C(=O)NC3CCCC(Cn4cnc5ccccc54)C3)ccc21. The molecule has 7 rings (SSSR count). The molecule has 0 bridgehead atoms. The molecule has 1 aliphatic rings. The minimum atomic E-state index is -0.0237. The lowest BCUT2D eigenvalue weighted by Crippen LogP contribution is -2.39. The Balaban J connectivity index is 1.08. The van der Waals surface area contributed by atoms with E-state index in [1.54, 1.807) is 0 Å². The number of rotatable bonds is 5. The zero-order valence-electron chi connectivity index (χ0n) is 21.3. The van der Waals surface area contributed by atoms with Crippen molar-refractivity contribution < 1.29 is 4.79 Å². The van der Waals surface area contributed by atoms with E-state index in [1.165, 1.54) is 11.9 Å². The molecule has 190 valence electrons. The second-order valence-corrected chi connectivity index (χ2v) is 10.4. The van der Waals surface area contributed by atoms with Gasteiger partial charge in [0.2, 0.25) is 0 Å². The molecule has 6 aromatic rings. The van der Waals surface area contributed by atoms with Crippen LogP contribution in [0.15, 0.2) is 79.3 Å². The van der Waals surface area contributed by atoms with E-state index in [2.05, 4.69) is 49.3 Å². The highest BCUT2D eigenvalue weighted by atomic mass is 16.1. The minimum absolute atomic E-state index is 0.0237. The highest BCUT2D eigenvalue weighted by molar-refractivity contribution is 5.98. The first-order valence-electron chi connectivity index (χ1n) is 13.2. The molecule has 1 fully saturated rings. The number of nitrogens with zero attached hydrogens (tertiary/aromatic N) is 6. The summed E-state index contributed by atoms with van der Waals surface area (Å²) in [6, 6.07) is 22.3. The van der Waals surface area contributed by atoms with E-state index in [9.17, 15) is 4.79 Å². The lowest BCUT2D eigenvalue weighted by Gasteiger charge is -2.30. The number of para-hydroxylation sites is 2. The first kappa shape index (κ1) is 22.7. The number of nitrogens with one attached hydrogen (secondary N) is 1. The van der Waals surface area contributed by atoms with Gasteiger partial charge < -0.3 is 9.88 Å². The quantitative estimate of drug-likeness (QED) is 0.348. The van der Waals surface area contributed by atoms with Gasteiger partial charge in [-0.2, -0.15) is 10.2 Å². The van der Waals surface area contributed by atoms with Crippen molar-refractivity contribution >= 4 is 38.7 Å². The molecule has 0 aliphatic heterocycles. The molecule has 8 heteroatoms. The summed E-state index contributed by atoms with van der Waals surface area (Å²) in [6.45, 7) is 0.931. The van der Waals surface area contributed by atoms with Gasteiger partial charge >= 0.3 is 0 Å². The van der Waals surface area contributed by atoms with Gasteiger partial charge in [-0.25, -0.2) is 14.3 Å². The average Bonchev–Trinajstić information content (AvgIpc) is 3.63. The Bertz CT molecular complexity index is 1790. The second kappa shape index (κ2) is 9.13. The number of hydrogen-bond donors (Lipinski definition) is 1. The summed E-state index contributed by atoms with van der Waals surface area (Å²) in [5.41, 5.74) is 4.74. The number of aryl methyl sites for hydroxylation is 1. The first-order valence-corrected chi connectivity index (χ1v) is 13.2. The summed E-state index contributed by atoms with van der Waals surface area (Å²) in [7, 11) is 1.93. The Hall–Kier alpha value is -4.46. The third-order valence-corrected chi connectivity index (χ3v) is 7.84. The van der Waals surface area contributed by atoms with Crippen LogP contribution < -0.4 is 5.32 Å². The lowest BCUT2D eigenvalue weighted by atomic mass is 9.85. The van der Waals surface area contributed by atoms with Gasteiger partial charge in [0, 0.05) is 36.0 Å². The molecule has 0 radical (unpaired) electrons. The smallest absolute Gasteiger partial charge is 0.251 e. The van der Waals surface area contributed by atoms with Gasteiger partial charge in [-0.05, 0) is 67.6 Å². The van der Waals surface area contributed by atoms with Gasteiger partial charge in [0.1, 0.15) is 0 Å². The summed E-state index contributed by atoms with van der Waals surface area (Å²) in [5.74, 6) is 1.40. The first-order chi connectivity index (χ1) is 18.6. The minimum Gasteiger partial charge on any atom is -0.349 e. The maximum absolute atomic E-state index is 13.3. The average molecular weight is 504 g/mol. The van der Waals surface area contributed by atoms with Crippen molar-refractivity contribution in [2.45, 2.75) is 38.3 Å². The molecule has 1 N–H and O–H groups in total. The molecule has 38 heavy (non-hydrogen) atoms. The van der Waals surface area contributed by atoms with Crippen molar-refractivity contribution in [1.29, 1.82) is 0 Å². The van der Waals surface area contributed by atoms with Crippen LogP contribution in [0, 0.1) is 5.92 Å². The van der Waals surface area contributed by atoms with Crippen LogP contribution in [0.25, 0.3) is 38.7 Å². The fraction of sp³-hybridized carbons (Fsp3) is 0.267. The third-order valence-electron chi connectivity index (χ3n) is 7.84. The summed E-state index contributed by atoms with van der Waals surface area (Å²) >= 11 is 0. The van der Waals surface area contributed by atoms with E-state index >= 15 is 0 Å². The highest BCUT2D eigenvalue weighted by Gasteiger charge is 2.25. The molecule has 1 amide bonds. The number of fused-ring (bicyclic) bond motifs is 3. The number of hydrogen-bond acceptors (Lipinski definition) is 4. The predicted octanol–water partition coefficient (Wildman–Crippen LogP) is 5.25. The van der Waals surface area contributed by atoms with E-state index in [0.717, 1.165) is 58.9 Å². The normalized spacial score (nSPS) is 17.9. The fourth-order valence-electron chi connectivity index (χ4n) is 6.02. The zero-order valence-corrected chi connectivity index (χ0v) is 21.3. The standard InChI is InChI=1S/C30H29N7O/c1-35-30(24-9-2-3-10-25(24)34-35)37-27-14-13-21(16-22(27)17-32-37)29(38)33-23-8-6-7-20(15-23)18-36-19-31-26-11-4-5-12-28(26)36/h2-5,9-14,16-17,19-20,23H,6-8,15,18H2,1H3,(H,33,38). The van der Waals surface area contributed by atoms with Crippen LogP contribution in [0.5, 0.6) is 0 Å². The second-order valence-electron chi connectivity index (χ2n) is 10.4. The summed E-state index contributed by atoms with van der Waals surface area (Å²) in [4.78, 5) is 17.8. The highest BCUT2D eigenvalue weighted by Crippen LogP contribution is 2.28. The Morgan fingerprint density at radius 3 is 2.76 bits per heavy atom. The Morgan fingerprint density at radius 2 is 1.84 bits per heavy atom. The largest absolute Gasteiger partial charge is 0.349 e. The van der Waals surface area contributed by atoms with E-state index < -0.39 is 0 Å². The monoisotopic (exact) mass is 503 g/mol. The fourth-order valence-corrected chi connectivity index (χ4v) is 6.02. The van der Waals surface area contributed by atoms with Gasteiger partial charge in [0.05, 0.1) is 34.6 Å². The Morgan fingerprint density at radius 1 is 1.00 bits per heavy atom. The number of aromatic nitrogens is 6. The molecule has 3 aromatic heterocycles. The van der Waals surface area contributed by atoms with Gasteiger partial charge in [-0.1, -0.05) is 30.7 Å². The van der Waals surface area contributed by atoms with Crippen molar-refractivity contribution in [3.63, 3.8) is 0 Å². The van der Waals surface area contributed by atoms with Crippen LogP contribution in [-0.4, -0.2) is 41.1 Å². The van der Waals surface area contributed by atoms with Crippen molar-refractivity contribution in [1.82, 2.24) is 34.4 Å². The van der Waals surface area contributed by atoms with Gasteiger partial charge in [0.15, 0.2) is 5.82 Å². The van der Waals surface area contributed by atoms with Gasteiger partial charge in [0.25, 0.3) is 5.91 Å². The van der Waals surface area contributed by atoms with E-state index in [4.69, 9.17) is 0 Å². The molecular formula is C30H29N7O. The molecule has 0 spiro atoms. The number of amides is 1. The van der Waals surface area contributed by atoms with Crippen molar-refractivity contribution in [2.24, 2.45) is 13.0 Å². The van der Waals surface area contributed by atoms with E-state index in [1.807, 2.05) is 71.4 Å². The van der Waals surface area contributed by atoms with Crippen molar-refractivity contribution in [3.8, 4) is 5.82 Å². The molecule has 2 unspecified atom stereocenters. The predicted molar refractivity (Wildman–Crippen MR) is 148 cm³/mol. The van der Waals surface area contributed by atoms with Crippen LogP contribution in [0.1, 0.15) is 36.0 Å². The van der Waals surface area contributed by atoms with Crippen LogP contribution in [0.4, 0.5) is 0 Å². The summed E-state index contributed by atoms with van der Waals surface area (Å²) in [6.07, 6.45) is 8.04. The number of imidazole rings is 1. The van der Waals surface area contributed by atoms with Crippen LogP contribution in [0.3, 0.4) is 0 Å². The topological polar surface area (TPSA) is 82.6 Å². The molecular weight excluding hydrogens is 474 g/mol. The lowest BCUT2D eigenvalue weighted by molar-refractivity contribution is 0.0918. The maximum Gasteiger partial charge on any atom is 0.251 e. The molecule has 3 aromatic carbocycles. The Labute approximate surface area is 219 Å². The van der Waals surface area contributed by atoms with E-state index in [0.29, 0.717) is 11.5 Å². The molecule has 1 aliphatic carbocycles. The summed E-state index contributed by atoms with van der Waals surface area (Å²) in [5, 5.41) is 14.5. The third kappa shape index (κ3) is 3.93. The molecule has 0 saturated heterocycles. The number of carbonyl (C=O) groups is 1. The molecule has 1 saturated carbocycles. The maximum atomic E-state index is 13.3. The van der Waals surface area contributed by atoms with Crippen LogP contribution in [-0.2, 0) is 13.6 Å². The molecule has 8 nitrogen and oxygen atoms in total. The Kier molecular flexibility index (Phi) is 5.46. The van der Waals surface area contributed by atoms with Gasteiger partial charge in [-0.15, -0.1) is 0 Å². The number of benzene rings is 3. The number of carbonyl (C=O) groups excluding carboxylic acids is 1. The van der Waals surface area contributed by atoms with Crippen LogP contribution in [0.2, 0.25) is 0 Å². The zero-order chi connectivity index (χ0) is 25.6. The van der Waals surface area contributed by atoms with E-state index in [-0.39, 0.29) is 11.9 Å². The van der Waals surface area contributed by atoms with Gasteiger partial charge in [-0.3, -0.25) is 4.79 Å². The van der Waals surface area contributed by atoms with Crippen molar-refractivity contribution in [3.05, 3.63) is 84.8 Å².